The van der Waals surface area contributed by atoms with Gasteiger partial charge in [-0.3, -0.25) is 0 Å². The zero-order chi connectivity index (χ0) is 16.0. The van der Waals surface area contributed by atoms with Crippen LogP contribution in [0, 0.1) is 0 Å². The van der Waals surface area contributed by atoms with Crippen molar-refractivity contribution in [2.24, 2.45) is 0 Å². The van der Waals surface area contributed by atoms with Gasteiger partial charge in [0.2, 0.25) is 0 Å². The Kier molecular flexibility index (Phi) is 9.40. The molecule has 0 bridgehead atoms. The fourth-order valence-electron chi connectivity index (χ4n) is 1.50. The number of hydrogen-bond acceptors (Lipinski definition) is 3. The summed E-state index contributed by atoms with van der Waals surface area (Å²) < 4.78 is 21.7. The van der Waals surface area contributed by atoms with Crippen LogP contribution in [0.2, 0.25) is 0 Å². The van der Waals surface area contributed by atoms with Crippen molar-refractivity contribution < 1.29 is 13.6 Å². The lowest BCUT2D eigenvalue weighted by Crippen LogP contribution is -1.87. The predicted molar refractivity (Wildman–Crippen MR) is 91.5 cm³/mol. The highest BCUT2D eigenvalue weighted by atomic mass is 31.1. The molecule has 0 aliphatic rings. The van der Waals surface area contributed by atoms with Crippen LogP contribution in [0.15, 0.2) is 73.3 Å². The van der Waals surface area contributed by atoms with Crippen molar-refractivity contribution in [2.45, 2.75) is 26.2 Å². The molecule has 0 saturated heterocycles. The lowest BCUT2D eigenvalue weighted by Gasteiger charge is -1.92. The van der Waals surface area contributed by atoms with Crippen molar-refractivity contribution in [3.8, 4) is 11.5 Å². The van der Waals surface area contributed by atoms with Gasteiger partial charge in [0.05, 0.1) is 0 Å². The van der Waals surface area contributed by atoms with E-state index in [1.54, 1.807) is 48.5 Å². The number of benzene rings is 2. The predicted octanol–water partition coefficient (Wildman–Crippen LogP) is 6.16. The minimum Gasteiger partial charge on any atom is -0.222 e. The smallest absolute Gasteiger partial charge is 0.222 e. The molecule has 2 aromatic carbocycles. The maximum atomic E-state index is 11.5. The summed E-state index contributed by atoms with van der Waals surface area (Å²) in [6, 6.07) is 17.8. The Morgan fingerprint density at radius 1 is 0.955 bits per heavy atom. The molecule has 2 rings (SSSR count). The summed E-state index contributed by atoms with van der Waals surface area (Å²) in [5, 5.41) is 0. The van der Waals surface area contributed by atoms with E-state index in [1.807, 2.05) is 18.2 Å². The van der Waals surface area contributed by atoms with Crippen LogP contribution < -0.4 is 9.05 Å². The quantitative estimate of drug-likeness (QED) is 0.348. The van der Waals surface area contributed by atoms with Crippen LogP contribution in [-0.2, 0) is 4.57 Å². The molecule has 2 aromatic rings. The molecule has 0 N–H and O–H groups in total. The van der Waals surface area contributed by atoms with E-state index in [0.29, 0.717) is 11.5 Å². The van der Waals surface area contributed by atoms with E-state index in [9.17, 15) is 4.57 Å². The highest BCUT2D eigenvalue weighted by Crippen LogP contribution is 2.29. The highest BCUT2D eigenvalue weighted by Gasteiger charge is 2.23. The van der Waals surface area contributed by atoms with Crippen LogP contribution in [-0.4, -0.2) is 0 Å². The lowest BCUT2D eigenvalue weighted by molar-refractivity contribution is 0.415. The molecule has 0 atom stereocenters. The Hall–Kier alpha value is -2.12. The molecule has 116 valence electrons. The van der Waals surface area contributed by atoms with Crippen LogP contribution in [0.5, 0.6) is 11.5 Å². The van der Waals surface area contributed by atoms with E-state index in [-0.39, 0.29) is 0 Å². The molecule has 4 heteroatoms. The molecule has 0 fully saturated rings. The van der Waals surface area contributed by atoms with Gasteiger partial charge in [-0.05, 0) is 30.7 Å². The second-order valence-electron chi connectivity index (χ2n) is 4.46. The number of rotatable bonds is 7. The first-order valence-corrected chi connectivity index (χ1v) is 8.40. The Bertz CT molecular complexity index is 497. The number of hydrogen-bond donors (Lipinski definition) is 0. The molecule has 3 nitrogen and oxygen atoms in total. The Labute approximate surface area is 133 Å². The molecular weight excluding hydrogens is 295 g/mol. The zero-order valence-electron chi connectivity index (χ0n) is 12.9. The largest absolute Gasteiger partial charge is 0.805 e. The molecule has 0 aliphatic carbocycles. The summed E-state index contributed by atoms with van der Waals surface area (Å²) in [6.45, 7) is 5.78. The summed E-state index contributed by atoms with van der Waals surface area (Å²) >= 11 is 0. The van der Waals surface area contributed by atoms with Gasteiger partial charge in [-0.1, -0.05) is 62.2 Å². The summed E-state index contributed by atoms with van der Waals surface area (Å²) in [5.74, 6) is 1.05. The average molecular weight is 317 g/mol. The minimum atomic E-state index is -2.18. The molecule has 22 heavy (non-hydrogen) atoms. The van der Waals surface area contributed by atoms with Crippen molar-refractivity contribution in [1.82, 2.24) is 0 Å². The molecule has 0 aromatic heterocycles. The normalized spacial score (nSPS) is 9.14. The molecule has 0 unspecified atom stereocenters. The van der Waals surface area contributed by atoms with Crippen molar-refractivity contribution in [3.05, 3.63) is 73.3 Å². The van der Waals surface area contributed by atoms with E-state index in [4.69, 9.17) is 9.05 Å². The average Bonchev–Trinajstić information content (AvgIpc) is 2.55. The highest BCUT2D eigenvalue weighted by molar-refractivity contribution is 7.34. The van der Waals surface area contributed by atoms with Gasteiger partial charge in [0.15, 0.2) is 11.5 Å². The van der Waals surface area contributed by atoms with Crippen LogP contribution in [0.1, 0.15) is 26.2 Å². The summed E-state index contributed by atoms with van der Waals surface area (Å²) in [4.78, 5) is 0. The second kappa shape index (κ2) is 11.5. The fraction of sp³-hybridized carbons (Fsp3) is 0.222. The Morgan fingerprint density at radius 2 is 1.41 bits per heavy atom. The Balaban J connectivity index is 0.000000346. The van der Waals surface area contributed by atoms with E-state index in [1.165, 1.54) is 19.3 Å². The third-order valence-corrected chi connectivity index (χ3v) is 3.33. The second-order valence-corrected chi connectivity index (χ2v) is 5.28. The van der Waals surface area contributed by atoms with Crippen LogP contribution in [0.3, 0.4) is 0 Å². The third-order valence-electron chi connectivity index (χ3n) is 2.61. The molecule has 0 saturated carbocycles. The SMILES string of the molecule is C=CCCCC.O=[P+](Oc1ccccc1)Oc1ccccc1. The number of unbranched alkanes of at least 4 members (excludes halogenated alkanes) is 2. The first kappa shape index (κ1) is 17.9. The summed E-state index contributed by atoms with van der Waals surface area (Å²) in [6.07, 6.45) is 5.72. The number of allylic oxidation sites excluding steroid dienone is 1. The molecule has 0 spiro atoms. The van der Waals surface area contributed by atoms with E-state index < -0.39 is 8.25 Å². The van der Waals surface area contributed by atoms with Gasteiger partial charge >= 0.3 is 8.25 Å². The standard InChI is InChI=1S/C12H10O3P.C6H12/c13-16(14-11-7-3-1-4-8-11)15-12-9-5-2-6-10-12;1-3-5-6-4-2/h1-10H;3H,1,4-6H2,2H3/q+1;. The first-order valence-electron chi connectivity index (χ1n) is 7.30. The summed E-state index contributed by atoms with van der Waals surface area (Å²) in [5.41, 5.74) is 0. The zero-order valence-corrected chi connectivity index (χ0v) is 13.7. The third kappa shape index (κ3) is 8.23. The topological polar surface area (TPSA) is 35.5 Å². The van der Waals surface area contributed by atoms with Gasteiger partial charge in [0.1, 0.15) is 0 Å². The van der Waals surface area contributed by atoms with Crippen molar-refractivity contribution in [3.63, 3.8) is 0 Å². The van der Waals surface area contributed by atoms with Crippen LogP contribution in [0.4, 0.5) is 0 Å². The van der Waals surface area contributed by atoms with Gasteiger partial charge in [0, 0.05) is 4.57 Å². The molecule has 0 amide bonds. The number of para-hydroxylation sites is 2. The van der Waals surface area contributed by atoms with Gasteiger partial charge in [-0.2, -0.15) is 0 Å². The summed E-state index contributed by atoms with van der Waals surface area (Å²) in [7, 11) is -2.18. The van der Waals surface area contributed by atoms with Crippen molar-refractivity contribution in [2.75, 3.05) is 0 Å². The van der Waals surface area contributed by atoms with E-state index >= 15 is 0 Å². The fourth-order valence-corrected chi connectivity index (χ4v) is 2.13. The van der Waals surface area contributed by atoms with E-state index in [0.717, 1.165) is 0 Å². The van der Waals surface area contributed by atoms with Crippen molar-refractivity contribution >= 4 is 8.25 Å². The van der Waals surface area contributed by atoms with Gasteiger partial charge in [0.25, 0.3) is 0 Å². The monoisotopic (exact) mass is 317 g/mol. The van der Waals surface area contributed by atoms with Crippen LogP contribution >= 0.6 is 8.25 Å². The Morgan fingerprint density at radius 3 is 1.73 bits per heavy atom. The van der Waals surface area contributed by atoms with Gasteiger partial charge in [-0.25, -0.2) is 9.05 Å². The van der Waals surface area contributed by atoms with Crippen molar-refractivity contribution in [1.29, 1.82) is 0 Å². The maximum Gasteiger partial charge on any atom is 0.805 e. The van der Waals surface area contributed by atoms with Gasteiger partial charge in [-0.15, -0.1) is 6.58 Å². The van der Waals surface area contributed by atoms with Gasteiger partial charge < -0.3 is 0 Å². The molecule has 0 aliphatic heterocycles. The lowest BCUT2D eigenvalue weighted by atomic mass is 10.3. The van der Waals surface area contributed by atoms with E-state index in [2.05, 4.69) is 13.5 Å². The molecule has 0 radical (unpaired) electrons. The molecule has 0 heterocycles. The first-order chi connectivity index (χ1) is 10.8. The maximum absolute atomic E-state index is 11.5. The minimum absolute atomic E-state index is 0.527. The molecular formula is C18H22O3P+. The van der Waals surface area contributed by atoms with Crippen LogP contribution in [0.25, 0.3) is 0 Å².